The third-order valence-corrected chi connectivity index (χ3v) is 6.89. The lowest BCUT2D eigenvalue weighted by molar-refractivity contribution is -0.137. The van der Waals surface area contributed by atoms with Gasteiger partial charge < -0.3 is 20.2 Å². The summed E-state index contributed by atoms with van der Waals surface area (Å²) in [5.74, 6) is 0.183. The van der Waals surface area contributed by atoms with Crippen molar-refractivity contribution in [2.24, 2.45) is 5.92 Å². The molecule has 0 aromatic heterocycles. The van der Waals surface area contributed by atoms with Crippen molar-refractivity contribution in [2.45, 2.75) is 44.4 Å². The number of hydrogen-bond donors (Lipinski definition) is 2. The highest BCUT2D eigenvalue weighted by atomic mass is 19.4. The van der Waals surface area contributed by atoms with Crippen LogP contribution in [-0.4, -0.2) is 54.7 Å². The Morgan fingerprint density at radius 1 is 1.03 bits per heavy atom. The van der Waals surface area contributed by atoms with E-state index >= 15 is 0 Å². The number of piperidine rings is 2. The molecular weight excluding hydrogens is 443 g/mol. The quantitative estimate of drug-likeness (QED) is 0.654. The first-order valence-corrected chi connectivity index (χ1v) is 12.0. The number of nitrogens with zero attached hydrogens (tertiary/aromatic N) is 2. The van der Waals surface area contributed by atoms with Gasteiger partial charge in [-0.05, 0) is 67.5 Å². The molecule has 8 heteroatoms. The molecule has 2 aliphatic rings. The number of hydrogen-bond acceptors (Lipinski definition) is 4. The highest BCUT2D eigenvalue weighted by molar-refractivity contribution is 5.94. The van der Waals surface area contributed by atoms with Gasteiger partial charge in [0.15, 0.2) is 0 Å². The molecule has 0 saturated carbocycles. The lowest BCUT2D eigenvalue weighted by atomic mass is 9.98. The molecular formula is C26H32F3N3O2. The minimum Gasteiger partial charge on any atom is -0.396 e. The van der Waals surface area contributed by atoms with Crippen molar-refractivity contribution in [1.29, 1.82) is 0 Å². The lowest BCUT2D eigenvalue weighted by Gasteiger charge is -2.34. The molecule has 0 bridgehead atoms. The zero-order valence-corrected chi connectivity index (χ0v) is 19.2. The molecule has 2 aliphatic heterocycles. The van der Waals surface area contributed by atoms with Gasteiger partial charge in [-0.25, -0.2) is 0 Å². The topological polar surface area (TPSA) is 55.8 Å². The van der Waals surface area contributed by atoms with Crippen molar-refractivity contribution >= 4 is 11.6 Å². The van der Waals surface area contributed by atoms with Crippen molar-refractivity contribution in [3.8, 4) is 0 Å². The SMILES string of the molecule is O=C(c1ccc(N2CCC(NCc3cccc(C(F)(F)F)c3)CC2)cc1)N1CCCC(CO)C1. The van der Waals surface area contributed by atoms with Crippen molar-refractivity contribution in [2.75, 3.05) is 37.7 Å². The Morgan fingerprint density at radius 3 is 2.44 bits per heavy atom. The number of likely N-dealkylation sites (tertiary alicyclic amines) is 1. The summed E-state index contributed by atoms with van der Waals surface area (Å²) in [7, 11) is 0. The van der Waals surface area contributed by atoms with Crippen LogP contribution in [0.15, 0.2) is 48.5 Å². The molecule has 2 heterocycles. The molecule has 1 atom stereocenters. The molecule has 2 aromatic rings. The molecule has 2 aromatic carbocycles. The predicted octanol–water partition coefficient (Wildman–Crippen LogP) is 4.31. The van der Waals surface area contributed by atoms with Gasteiger partial charge in [-0.3, -0.25) is 4.79 Å². The minimum atomic E-state index is -4.32. The second-order valence-electron chi connectivity index (χ2n) is 9.33. The van der Waals surface area contributed by atoms with Crippen LogP contribution in [0, 0.1) is 5.92 Å². The Morgan fingerprint density at radius 2 is 1.76 bits per heavy atom. The monoisotopic (exact) mass is 475 g/mol. The third kappa shape index (κ3) is 6.10. The highest BCUT2D eigenvalue weighted by Gasteiger charge is 2.30. The summed E-state index contributed by atoms with van der Waals surface area (Å²) in [6.45, 7) is 3.57. The molecule has 2 N–H and O–H groups in total. The van der Waals surface area contributed by atoms with Crippen LogP contribution in [0.5, 0.6) is 0 Å². The van der Waals surface area contributed by atoms with E-state index in [9.17, 15) is 23.1 Å². The van der Waals surface area contributed by atoms with Gasteiger partial charge in [0, 0.05) is 56.6 Å². The molecule has 4 rings (SSSR count). The van der Waals surface area contributed by atoms with Crippen LogP contribution in [-0.2, 0) is 12.7 Å². The fraction of sp³-hybridized carbons (Fsp3) is 0.500. The average molecular weight is 476 g/mol. The number of alkyl halides is 3. The molecule has 0 spiro atoms. The van der Waals surface area contributed by atoms with Crippen LogP contribution < -0.4 is 10.2 Å². The molecule has 1 unspecified atom stereocenters. The van der Waals surface area contributed by atoms with Crippen molar-refractivity contribution in [1.82, 2.24) is 10.2 Å². The molecule has 2 saturated heterocycles. The normalized spacial score (nSPS) is 19.9. The summed E-state index contributed by atoms with van der Waals surface area (Å²) < 4.78 is 38.7. The van der Waals surface area contributed by atoms with Gasteiger partial charge in [0.2, 0.25) is 0 Å². The largest absolute Gasteiger partial charge is 0.416 e. The smallest absolute Gasteiger partial charge is 0.396 e. The van der Waals surface area contributed by atoms with E-state index in [0.29, 0.717) is 24.2 Å². The Balaban J connectivity index is 1.26. The summed E-state index contributed by atoms with van der Waals surface area (Å²) in [6.07, 6.45) is -0.640. The maximum atomic E-state index is 12.9. The van der Waals surface area contributed by atoms with Gasteiger partial charge in [-0.2, -0.15) is 13.2 Å². The first kappa shape index (κ1) is 24.5. The van der Waals surface area contributed by atoms with Crippen LogP contribution in [0.25, 0.3) is 0 Å². The number of rotatable bonds is 6. The first-order valence-electron chi connectivity index (χ1n) is 12.0. The standard InChI is InChI=1S/C26H32F3N3O2/c27-26(28,29)22-5-1-3-19(15-22)16-30-23-10-13-31(14-11-23)24-8-6-21(7-9-24)25(34)32-12-2-4-20(17-32)18-33/h1,3,5-9,15,20,23,30,33H,2,4,10-14,16-18H2. The second kappa shape index (κ2) is 10.8. The van der Waals surface area contributed by atoms with E-state index in [0.717, 1.165) is 57.1 Å². The number of carbonyl (C=O) groups excluding carboxylic acids is 1. The van der Waals surface area contributed by atoms with E-state index in [1.165, 1.54) is 12.1 Å². The predicted molar refractivity (Wildman–Crippen MR) is 126 cm³/mol. The van der Waals surface area contributed by atoms with Crippen LogP contribution in [0.4, 0.5) is 18.9 Å². The molecule has 0 radical (unpaired) electrons. The Kier molecular flexibility index (Phi) is 7.78. The average Bonchev–Trinajstić information content (AvgIpc) is 2.87. The number of benzene rings is 2. The number of carbonyl (C=O) groups is 1. The number of anilines is 1. The summed E-state index contributed by atoms with van der Waals surface area (Å²) in [5, 5.41) is 12.8. The molecule has 2 fully saturated rings. The van der Waals surface area contributed by atoms with Gasteiger partial charge in [0.05, 0.1) is 5.56 Å². The summed E-state index contributed by atoms with van der Waals surface area (Å²) in [4.78, 5) is 16.9. The third-order valence-electron chi connectivity index (χ3n) is 6.89. The second-order valence-corrected chi connectivity index (χ2v) is 9.33. The molecule has 34 heavy (non-hydrogen) atoms. The van der Waals surface area contributed by atoms with Crippen LogP contribution in [0.1, 0.15) is 47.2 Å². The van der Waals surface area contributed by atoms with Gasteiger partial charge in [-0.1, -0.05) is 18.2 Å². The fourth-order valence-electron chi connectivity index (χ4n) is 4.86. The van der Waals surface area contributed by atoms with Gasteiger partial charge in [-0.15, -0.1) is 0 Å². The number of nitrogens with one attached hydrogen (secondary N) is 1. The molecule has 1 amide bonds. The highest BCUT2D eigenvalue weighted by Crippen LogP contribution is 2.29. The Labute approximate surface area is 198 Å². The van der Waals surface area contributed by atoms with Crippen molar-refractivity contribution < 1.29 is 23.1 Å². The summed E-state index contributed by atoms with van der Waals surface area (Å²) in [6, 6.07) is 13.4. The first-order chi connectivity index (χ1) is 16.3. The van der Waals surface area contributed by atoms with Crippen LogP contribution >= 0.6 is 0 Å². The van der Waals surface area contributed by atoms with E-state index in [2.05, 4.69) is 10.2 Å². The molecule has 184 valence electrons. The van der Waals surface area contributed by atoms with Crippen molar-refractivity contribution in [3.63, 3.8) is 0 Å². The van der Waals surface area contributed by atoms with E-state index in [4.69, 9.17) is 0 Å². The van der Waals surface area contributed by atoms with E-state index in [-0.39, 0.29) is 24.5 Å². The Hall–Kier alpha value is -2.58. The maximum Gasteiger partial charge on any atom is 0.416 e. The van der Waals surface area contributed by atoms with E-state index < -0.39 is 11.7 Å². The van der Waals surface area contributed by atoms with Crippen LogP contribution in [0.2, 0.25) is 0 Å². The number of amides is 1. The van der Waals surface area contributed by atoms with Gasteiger partial charge in [0.25, 0.3) is 5.91 Å². The van der Waals surface area contributed by atoms with Gasteiger partial charge in [0.1, 0.15) is 0 Å². The van der Waals surface area contributed by atoms with Crippen molar-refractivity contribution in [3.05, 3.63) is 65.2 Å². The number of aliphatic hydroxyl groups is 1. The number of aliphatic hydroxyl groups excluding tert-OH is 1. The van der Waals surface area contributed by atoms with Gasteiger partial charge >= 0.3 is 6.18 Å². The molecule has 5 nitrogen and oxygen atoms in total. The minimum absolute atomic E-state index is 0.0159. The molecule has 0 aliphatic carbocycles. The zero-order valence-electron chi connectivity index (χ0n) is 19.2. The summed E-state index contributed by atoms with van der Waals surface area (Å²) >= 11 is 0. The Bertz CT molecular complexity index is 957. The maximum absolute atomic E-state index is 12.9. The van der Waals surface area contributed by atoms with E-state index in [1.807, 2.05) is 29.2 Å². The fourth-order valence-corrected chi connectivity index (χ4v) is 4.86. The number of halogens is 3. The summed E-state index contributed by atoms with van der Waals surface area (Å²) in [5.41, 5.74) is 1.76. The van der Waals surface area contributed by atoms with Crippen LogP contribution in [0.3, 0.4) is 0 Å². The lowest BCUT2D eigenvalue weighted by Crippen LogP contribution is -2.42. The zero-order chi connectivity index (χ0) is 24.1. The van der Waals surface area contributed by atoms with E-state index in [1.54, 1.807) is 6.07 Å².